The van der Waals surface area contributed by atoms with Crippen molar-refractivity contribution in [1.82, 2.24) is 4.57 Å². The van der Waals surface area contributed by atoms with Crippen LogP contribution in [0, 0.1) is 0 Å². The smallest absolute Gasteiger partial charge is 0.0477 e. The van der Waals surface area contributed by atoms with Crippen molar-refractivity contribution in [1.29, 1.82) is 0 Å². The molecule has 0 radical (unpaired) electrons. The Labute approximate surface area is 61.3 Å². The fourth-order valence-corrected chi connectivity index (χ4v) is 1.14. The first kappa shape index (κ1) is 4.56. The molecule has 1 heterocycles. The highest BCUT2D eigenvalue weighted by atomic mass is 14.9. The van der Waals surface area contributed by atoms with Crippen LogP contribution >= 0.6 is 0 Å². The molecule has 0 unspecified atom stereocenters. The Balaban J connectivity index is 2.76. The van der Waals surface area contributed by atoms with E-state index in [9.17, 15) is 0 Å². The summed E-state index contributed by atoms with van der Waals surface area (Å²) in [5.41, 5.74) is 1.14. The van der Waals surface area contributed by atoms with Crippen LogP contribution in [0.25, 0.3) is 10.9 Å². The monoisotopic (exact) mass is 132 g/mol. The molecule has 0 spiro atoms. The normalized spacial score (nSPS) is 11.8. The summed E-state index contributed by atoms with van der Waals surface area (Å²) in [6.45, 7) is 0. The third-order valence-corrected chi connectivity index (χ3v) is 1.68. The molecule has 10 heavy (non-hydrogen) atoms. The Morgan fingerprint density at radius 2 is 2.20 bits per heavy atom. The molecule has 1 nitrogen and oxygen atoms in total. The number of para-hydroxylation sites is 1. The number of hydrogen-bond acceptors (Lipinski definition) is 0. The van der Waals surface area contributed by atoms with Crippen molar-refractivity contribution >= 4 is 10.9 Å². The molecule has 0 N–H and O–H groups in total. The van der Waals surface area contributed by atoms with Crippen LogP contribution in [0.15, 0.2) is 36.5 Å². The van der Waals surface area contributed by atoms with Gasteiger partial charge in [0.2, 0.25) is 0 Å². The summed E-state index contributed by atoms with van der Waals surface area (Å²) in [6, 6.07) is 10.1. The lowest BCUT2D eigenvalue weighted by Crippen LogP contribution is -1.81. The van der Waals surface area contributed by atoms with E-state index in [1.807, 2.05) is 35.0 Å². The predicted molar refractivity (Wildman–Crippen MR) is 42.9 cm³/mol. The number of aryl methyl sites for hydroxylation is 1. The number of nitrogens with zero attached hydrogens (tertiary/aromatic N) is 1. The fourth-order valence-electron chi connectivity index (χ4n) is 1.14. The van der Waals surface area contributed by atoms with Gasteiger partial charge in [0.05, 0.1) is 0 Å². The molecule has 0 saturated heterocycles. The molecule has 0 atom stereocenters. The van der Waals surface area contributed by atoms with Gasteiger partial charge in [-0.2, -0.15) is 0 Å². The molecule has 2 aromatic rings. The first-order valence-corrected chi connectivity index (χ1v) is 3.25. The number of fused-ring (bicyclic) bond motifs is 1. The van der Waals surface area contributed by atoms with Gasteiger partial charge in [-0.25, -0.2) is 0 Å². The fraction of sp³-hybridized carbons (Fsp3) is 0.111. The molecule has 50 valence electrons. The minimum absolute atomic E-state index is 0.299. The van der Waals surface area contributed by atoms with Gasteiger partial charge >= 0.3 is 0 Å². The average molecular weight is 132 g/mol. The Morgan fingerprint density at radius 1 is 1.30 bits per heavy atom. The quantitative estimate of drug-likeness (QED) is 0.517. The van der Waals surface area contributed by atoms with Gasteiger partial charge in [0.1, 0.15) is 0 Å². The van der Waals surface area contributed by atoms with Crippen molar-refractivity contribution in [2.24, 2.45) is 7.02 Å². The molecule has 0 amide bonds. The van der Waals surface area contributed by atoms with Gasteiger partial charge in [-0.05, 0) is 17.5 Å². The van der Waals surface area contributed by atoms with E-state index in [1.165, 1.54) is 5.39 Å². The summed E-state index contributed by atoms with van der Waals surface area (Å²) < 4.78 is 9.12. The van der Waals surface area contributed by atoms with Crippen molar-refractivity contribution in [3.05, 3.63) is 36.5 Å². The van der Waals surface area contributed by atoms with Gasteiger partial charge in [-0.1, -0.05) is 18.2 Å². The minimum atomic E-state index is 0.299. The maximum atomic E-state index is 7.21. The zero-order valence-corrected chi connectivity index (χ0v) is 5.62. The molecule has 0 aliphatic heterocycles. The Bertz CT molecular complexity index is 364. The zero-order chi connectivity index (χ0) is 7.68. The SMILES string of the molecule is [2H]Cn1ccc2ccccc21. The van der Waals surface area contributed by atoms with Crippen molar-refractivity contribution < 1.29 is 1.37 Å². The molecule has 0 fully saturated rings. The number of aromatic nitrogens is 1. The maximum Gasteiger partial charge on any atom is 0.0477 e. The van der Waals surface area contributed by atoms with Crippen LogP contribution in [0.2, 0.25) is 0 Å². The standard InChI is InChI=1S/C9H9N/c1-10-7-6-8-4-2-3-5-9(8)10/h2-7H,1H3/i1D. The van der Waals surface area contributed by atoms with E-state index in [1.54, 1.807) is 0 Å². The van der Waals surface area contributed by atoms with Gasteiger partial charge in [-0.3, -0.25) is 0 Å². The summed E-state index contributed by atoms with van der Waals surface area (Å²) in [7, 11) is 0.299. The van der Waals surface area contributed by atoms with Crippen molar-refractivity contribution in [2.45, 2.75) is 0 Å². The molecule has 0 aliphatic carbocycles. The molecule has 1 aromatic heterocycles. The van der Waals surface area contributed by atoms with E-state index in [0.29, 0.717) is 7.02 Å². The first-order chi connectivity index (χ1) is 5.42. The zero-order valence-electron chi connectivity index (χ0n) is 6.62. The van der Waals surface area contributed by atoms with Crippen LogP contribution < -0.4 is 0 Å². The number of benzene rings is 1. The maximum absolute atomic E-state index is 7.21. The second-order valence-corrected chi connectivity index (χ2v) is 2.34. The molecule has 2 rings (SSSR count). The third kappa shape index (κ3) is 0.637. The van der Waals surface area contributed by atoms with Crippen LogP contribution in [-0.4, -0.2) is 4.57 Å². The van der Waals surface area contributed by atoms with Crippen LogP contribution in [0.4, 0.5) is 0 Å². The molecular weight excluding hydrogens is 122 g/mol. The van der Waals surface area contributed by atoms with E-state index in [4.69, 9.17) is 1.37 Å². The van der Waals surface area contributed by atoms with Gasteiger partial charge in [-0.15, -0.1) is 0 Å². The predicted octanol–water partition coefficient (Wildman–Crippen LogP) is 2.18. The highest BCUT2D eigenvalue weighted by Gasteiger charge is 1.92. The summed E-state index contributed by atoms with van der Waals surface area (Å²) in [5.74, 6) is 0. The van der Waals surface area contributed by atoms with Gasteiger partial charge in [0, 0.05) is 20.1 Å². The van der Waals surface area contributed by atoms with Gasteiger partial charge < -0.3 is 4.57 Å². The van der Waals surface area contributed by atoms with Crippen LogP contribution in [0.3, 0.4) is 0 Å². The second-order valence-electron chi connectivity index (χ2n) is 2.34. The lowest BCUT2D eigenvalue weighted by Gasteiger charge is -1.92. The van der Waals surface area contributed by atoms with E-state index in [-0.39, 0.29) is 0 Å². The Kier molecular flexibility index (Phi) is 0.853. The molecular formula is C9H9N. The number of hydrogen-bond donors (Lipinski definition) is 0. The van der Waals surface area contributed by atoms with Crippen molar-refractivity contribution in [2.75, 3.05) is 0 Å². The van der Waals surface area contributed by atoms with Crippen LogP contribution in [0.5, 0.6) is 0 Å². The van der Waals surface area contributed by atoms with Gasteiger partial charge in [0.25, 0.3) is 0 Å². The Hall–Kier alpha value is -1.24. The highest BCUT2D eigenvalue weighted by molar-refractivity contribution is 5.79. The molecule has 0 bridgehead atoms. The summed E-state index contributed by atoms with van der Waals surface area (Å²) >= 11 is 0. The molecule has 0 aliphatic rings. The van der Waals surface area contributed by atoms with Crippen molar-refractivity contribution in [3.8, 4) is 0 Å². The van der Waals surface area contributed by atoms with E-state index >= 15 is 0 Å². The second kappa shape index (κ2) is 1.87. The highest BCUT2D eigenvalue weighted by Crippen LogP contribution is 2.12. The molecule has 1 aromatic carbocycles. The van der Waals surface area contributed by atoms with Crippen LogP contribution in [-0.2, 0) is 7.02 Å². The van der Waals surface area contributed by atoms with Crippen LogP contribution in [0.1, 0.15) is 1.37 Å². The van der Waals surface area contributed by atoms with Gasteiger partial charge in [0.15, 0.2) is 0 Å². The number of rotatable bonds is 0. The van der Waals surface area contributed by atoms with E-state index < -0.39 is 0 Å². The lowest BCUT2D eigenvalue weighted by atomic mass is 10.2. The molecule has 1 heteroatoms. The average Bonchev–Trinajstić information content (AvgIpc) is 2.47. The van der Waals surface area contributed by atoms with E-state index in [2.05, 4.69) is 6.07 Å². The summed E-state index contributed by atoms with van der Waals surface area (Å²) in [6.07, 6.45) is 1.94. The minimum Gasteiger partial charge on any atom is -0.351 e. The summed E-state index contributed by atoms with van der Waals surface area (Å²) in [5, 5.41) is 1.21. The largest absolute Gasteiger partial charge is 0.351 e. The third-order valence-electron chi connectivity index (χ3n) is 1.68. The summed E-state index contributed by atoms with van der Waals surface area (Å²) in [4.78, 5) is 0. The topological polar surface area (TPSA) is 4.93 Å². The first-order valence-electron chi connectivity index (χ1n) is 3.95. The van der Waals surface area contributed by atoms with E-state index in [0.717, 1.165) is 5.52 Å². The molecule has 0 saturated carbocycles. The lowest BCUT2D eigenvalue weighted by molar-refractivity contribution is 0.969. The Morgan fingerprint density at radius 3 is 3.10 bits per heavy atom. The van der Waals surface area contributed by atoms with Crippen molar-refractivity contribution in [3.63, 3.8) is 0 Å².